The molecule has 2 aromatic carbocycles. The van der Waals surface area contributed by atoms with Crippen molar-refractivity contribution in [1.29, 1.82) is 0 Å². The predicted octanol–water partition coefficient (Wildman–Crippen LogP) is 5.21. The fourth-order valence-electron chi connectivity index (χ4n) is 2.62. The summed E-state index contributed by atoms with van der Waals surface area (Å²) in [5, 5.41) is 3.49. The van der Waals surface area contributed by atoms with Crippen LogP contribution in [0.15, 0.2) is 71.5 Å². The molecule has 4 rings (SSSR count). The first-order chi connectivity index (χ1) is 11.7. The molecule has 0 radical (unpaired) electrons. The first kappa shape index (κ1) is 14.9. The van der Waals surface area contributed by atoms with E-state index in [2.05, 4.69) is 63.5 Å². The molecule has 2 heterocycles. The van der Waals surface area contributed by atoms with Crippen LogP contribution in [-0.2, 0) is 0 Å². The van der Waals surface area contributed by atoms with Crippen molar-refractivity contribution >= 4 is 33.2 Å². The van der Waals surface area contributed by atoms with Crippen molar-refractivity contribution in [3.05, 3.63) is 77.0 Å². The molecule has 0 unspecified atom stereocenters. The van der Waals surface area contributed by atoms with Gasteiger partial charge in [0.2, 0.25) is 5.78 Å². The van der Waals surface area contributed by atoms with Gasteiger partial charge in [0.15, 0.2) is 0 Å². The van der Waals surface area contributed by atoms with Gasteiger partial charge in [-0.25, -0.2) is 9.97 Å². The van der Waals surface area contributed by atoms with Crippen LogP contribution in [0.25, 0.3) is 17.0 Å². The normalized spacial score (nSPS) is 10.9. The molecular weight excluding hydrogens is 364 g/mol. The standard InChI is InChI=1S/C19H15BrN4/c1-13-6-8-16(9-7-13)22-18-17(14-4-2-5-15(20)12-14)23-19-21-10-3-11-24(18)19/h2-12,22H,1H3. The number of hydrogen-bond acceptors (Lipinski definition) is 3. The minimum absolute atomic E-state index is 0.669. The highest BCUT2D eigenvalue weighted by Gasteiger charge is 2.15. The fourth-order valence-corrected chi connectivity index (χ4v) is 3.02. The molecule has 5 heteroatoms. The second kappa shape index (κ2) is 6.09. The van der Waals surface area contributed by atoms with E-state index in [4.69, 9.17) is 4.98 Å². The Labute approximate surface area is 148 Å². The lowest BCUT2D eigenvalue weighted by atomic mass is 10.1. The molecule has 24 heavy (non-hydrogen) atoms. The molecule has 0 fully saturated rings. The number of anilines is 2. The third-order valence-electron chi connectivity index (χ3n) is 3.82. The Balaban J connectivity index is 1.88. The number of halogens is 1. The molecule has 0 amide bonds. The van der Waals surface area contributed by atoms with Gasteiger partial charge in [0.25, 0.3) is 0 Å². The second-order valence-electron chi connectivity index (χ2n) is 5.60. The van der Waals surface area contributed by atoms with Crippen LogP contribution < -0.4 is 5.32 Å². The molecule has 1 N–H and O–H groups in total. The van der Waals surface area contributed by atoms with Gasteiger partial charge < -0.3 is 5.32 Å². The van der Waals surface area contributed by atoms with E-state index in [-0.39, 0.29) is 0 Å². The summed E-state index contributed by atoms with van der Waals surface area (Å²) in [5.74, 6) is 1.57. The van der Waals surface area contributed by atoms with Crippen molar-refractivity contribution < 1.29 is 0 Å². The summed E-state index contributed by atoms with van der Waals surface area (Å²) in [4.78, 5) is 9.07. The van der Waals surface area contributed by atoms with Gasteiger partial charge in [0.1, 0.15) is 11.5 Å². The van der Waals surface area contributed by atoms with E-state index in [0.717, 1.165) is 27.2 Å². The Bertz CT molecular complexity index is 1010. The van der Waals surface area contributed by atoms with Crippen molar-refractivity contribution in [2.24, 2.45) is 0 Å². The van der Waals surface area contributed by atoms with Crippen molar-refractivity contribution in [2.45, 2.75) is 6.92 Å². The van der Waals surface area contributed by atoms with E-state index >= 15 is 0 Å². The van der Waals surface area contributed by atoms with Crippen LogP contribution in [0.2, 0.25) is 0 Å². The third-order valence-corrected chi connectivity index (χ3v) is 4.31. The number of nitrogens with zero attached hydrogens (tertiary/aromatic N) is 3. The number of imidazole rings is 1. The Morgan fingerprint density at radius 2 is 1.88 bits per heavy atom. The molecule has 4 nitrogen and oxygen atoms in total. The third kappa shape index (κ3) is 2.78. The molecule has 0 aliphatic carbocycles. The molecule has 0 bridgehead atoms. The average molecular weight is 379 g/mol. The highest BCUT2D eigenvalue weighted by Crippen LogP contribution is 2.31. The molecular formula is C19H15BrN4. The molecule has 0 atom stereocenters. The maximum absolute atomic E-state index is 4.71. The molecule has 0 aliphatic heterocycles. The van der Waals surface area contributed by atoms with Crippen LogP contribution in [0.5, 0.6) is 0 Å². The predicted molar refractivity (Wildman–Crippen MR) is 101 cm³/mol. The van der Waals surface area contributed by atoms with Crippen molar-refractivity contribution in [1.82, 2.24) is 14.4 Å². The molecule has 0 aliphatic rings. The second-order valence-corrected chi connectivity index (χ2v) is 6.52. The number of benzene rings is 2. The minimum Gasteiger partial charge on any atom is -0.339 e. The summed E-state index contributed by atoms with van der Waals surface area (Å²) >= 11 is 3.53. The van der Waals surface area contributed by atoms with Gasteiger partial charge in [0.05, 0.1) is 0 Å². The molecule has 2 aromatic heterocycles. The Morgan fingerprint density at radius 3 is 2.67 bits per heavy atom. The topological polar surface area (TPSA) is 42.2 Å². The van der Waals surface area contributed by atoms with Crippen LogP contribution in [0.3, 0.4) is 0 Å². The molecule has 0 spiro atoms. The Kier molecular flexibility index (Phi) is 3.78. The molecule has 118 valence electrons. The summed E-state index contributed by atoms with van der Waals surface area (Å²) in [7, 11) is 0. The van der Waals surface area contributed by atoms with Gasteiger partial charge in [0, 0.05) is 28.1 Å². The lowest BCUT2D eigenvalue weighted by molar-refractivity contribution is 1.11. The molecule has 0 saturated carbocycles. The summed E-state index contributed by atoms with van der Waals surface area (Å²) in [6.07, 6.45) is 3.72. The van der Waals surface area contributed by atoms with Gasteiger partial charge in [-0.05, 0) is 37.3 Å². The highest BCUT2D eigenvalue weighted by molar-refractivity contribution is 9.10. The smallest absolute Gasteiger partial charge is 0.235 e. The monoisotopic (exact) mass is 378 g/mol. The van der Waals surface area contributed by atoms with Gasteiger partial charge in [-0.15, -0.1) is 0 Å². The summed E-state index contributed by atoms with van der Waals surface area (Å²) < 4.78 is 2.99. The van der Waals surface area contributed by atoms with Crippen molar-refractivity contribution in [3.8, 4) is 11.3 Å². The van der Waals surface area contributed by atoms with E-state index in [1.165, 1.54) is 5.56 Å². The van der Waals surface area contributed by atoms with E-state index in [0.29, 0.717) is 5.78 Å². The van der Waals surface area contributed by atoms with Gasteiger partial charge >= 0.3 is 0 Å². The van der Waals surface area contributed by atoms with Gasteiger partial charge in [-0.1, -0.05) is 45.8 Å². The van der Waals surface area contributed by atoms with Gasteiger partial charge in [-0.3, -0.25) is 4.40 Å². The maximum atomic E-state index is 4.71. The fraction of sp³-hybridized carbons (Fsp3) is 0.0526. The maximum Gasteiger partial charge on any atom is 0.235 e. The number of aryl methyl sites for hydroxylation is 1. The zero-order chi connectivity index (χ0) is 16.5. The van der Waals surface area contributed by atoms with Crippen LogP contribution in [-0.4, -0.2) is 14.4 Å². The Hall–Kier alpha value is -2.66. The first-order valence-electron chi connectivity index (χ1n) is 7.63. The van der Waals surface area contributed by atoms with Crippen LogP contribution in [0, 0.1) is 6.92 Å². The largest absolute Gasteiger partial charge is 0.339 e. The van der Waals surface area contributed by atoms with Crippen molar-refractivity contribution in [2.75, 3.05) is 5.32 Å². The van der Waals surface area contributed by atoms with Crippen molar-refractivity contribution in [3.63, 3.8) is 0 Å². The summed E-state index contributed by atoms with van der Waals surface area (Å²) in [6, 6.07) is 18.3. The minimum atomic E-state index is 0.669. The summed E-state index contributed by atoms with van der Waals surface area (Å²) in [5.41, 5.74) is 4.15. The SMILES string of the molecule is Cc1ccc(Nc2c(-c3cccc(Br)c3)nc3ncccn23)cc1. The quantitative estimate of drug-likeness (QED) is 0.531. The number of hydrogen-bond donors (Lipinski definition) is 1. The lowest BCUT2D eigenvalue weighted by Gasteiger charge is -2.09. The zero-order valence-corrected chi connectivity index (χ0v) is 14.7. The van der Waals surface area contributed by atoms with E-state index < -0.39 is 0 Å². The zero-order valence-electron chi connectivity index (χ0n) is 13.1. The number of nitrogens with one attached hydrogen (secondary N) is 1. The molecule has 0 saturated heterocycles. The number of fused-ring (bicyclic) bond motifs is 1. The summed E-state index contributed by atoms with van der Waals surface area (Å²) in [6.45, 7) is 2.08. The van der Waals surface area contributed by atoms with E-state index in [9.17, 15) is 0 Å². The van der Waals surface area contributed by atoms with Crippen LogP contribution in [0.1, 0.15) is 5.56 Å². The van der Waals surface area contributed by atoms with Crippen LogP contribution in [0.4, 0.5) is 11.5 Å². The average Bonchev–Trinajstić information content (AvgIpc) is 2.96. The van der Waals surface area contributed by atoms with Gasteiger partial charge in [-0.2, -0.15) is 0 Å². The highest BCUT2D eigenvalue weighted by atomic mass is 79.9. The number of aromatic nitrogens is 3. The first-order valence-corrected chi connectivity index (χ1v) is 8.43. The lowest BCUT2D eigenvalue weighted by Crippen LogP contribution is -1.97. The Morgan fingerprint density at radius 1 is 1.04 bits per heavy atom. The van der Waals surface area contributed by atoms with E-state index in [1.807, 2.05) is 34.9 Å². The molecule has 4 aromatic rings. The van der Waals surface area contributed by atoms with E-state index in [1.54, 1.807) is 6.20 Å². The number of rotatable bonds is 3. The van der Waals surface area contributed by atoms with Crippen LogP contribution >= 0.6 is 15.9 Å².